The quantitative estimate of drug-likeness (QED) is 0.221. The van der Waals surface area contributed by atoms with Crippen LogP contribution in [0, 0.1) is 5.82 Å². The second kappa shape index (κ2) is 12.4. The van der Waals surface area contributed by atoms with Gasteiger partial charge in [-0.25, -0.2) is 19.2 Å². The van der Waals surface area contributed by atoms with Crippen molar-refractivity contribution in [2.45, 2.75) is 55.2 Å². The number of imidazole rings is 1. The summed E-state index contributed by atoms with van der Waals surface area (Å²) in [4.78, 5) is 24.0. The van der Waals surface area contributed by atoms with Crippen molar-refractivity contribution in [1.29, 1.82) is 0 Å². The summed E-state index contributed by atoms with van der Waals surface area (Å²) in [7, 11) is 0. The molecule has 1 atom stereocenters. The standard InChI is InChI=1S/C30H30ClFN4O4S/c31-20-5-7-27(24(32)15-20)41-18-21-2-1-3-29(33-21)40-22-8-11-35(12-9-22)17-28-34-25-6-4-19(30(37)38)14-26(25)36(28)16-23-10-13-39-23/h1-7,14-15,22-23H,8-13,16-18H2,(H,37,38)/t23-/m0/s1. The predicted molar refractivity (Wildman–Crippen MR) is 155 cm³/mol. The summed E-state index contributed by atoms with van der Waals surface area (Å²) in [6, 6.07) is 15.5. The van der Waals surface area contributed by atoms with Crippen molar-refractivity contribution < 1.29 is 23.8 Å². The van der Waals surface area contributed by atoms with Crippen LogP contribution in [0.2, 0.25) is 5.02 Å². The molecular weight excluding hydrogens is 567 g/mol. The highest BCUT2D eigenvalue weighted by atomic mass is 35.5. The number of carbonyl (C=O) groups is 1. The number of pyridine rings is 1. The molecule has 2 saturated heterocycles. The summed E-state index contributed by atoms with van der Waals surface area (Å²) in [5.74, 6) is 0.738. The monoisotopic (exact) mass is 596 g/mol. The highest BCUT2D eigenvalue weighted by Crippen LogP contribution is 2.28. The third kappa shape index (κ3) is 6.67. The van der Waals surface area contributed by atoms with E-state index in [2.05, 4.69) is 14.5 Å². The Bertz CT molecular complexity index is 1560. The van der Waals surface area contributed by atoms with Gasteiger partial charge in [0.2, 0.25) is 5.88 Å². The number of carboxylic acids is 1. The van der Waals surface area contributed by atoms with Gasteiger partial charge < -0.3 is 19.1 Å². The van der Waals surface area contributed by atoms with Crippen molar-refractivity contribution in [1.82, 2.24) is 19.4 Å². The largest absolute Gasteiger partial charge is 0.478 e. The van der Waals surface area contributed by atoms with Gasteiger partial charge in [0, 0.05) is 41.4 Å². The van der Waals surface area contributed by atoms with Gasteiger partial charge in [-0.15, -0.1) is 11.8 Å². The summed E-state index contributed by atoms with van der Waals surface area (Å²) >= 11 is 7.23. The molecule has 4 aromatic rings. The molecule has 0 unspecified atom stereocenters. The molecule has 4 heterocycles. The zero-order valence-corrected chi connectivity index (χ0v) is 23.9. The molecule has 2 aliphatic heterocycles. The fraction of sp³-hybridized carbons (Fsp3) is 0.367. The molecule has 1 N–H and O–H groups in total. The van der Waals surface area contributed by atoms with E-state index in [1.165, 1.54) is 17.8 Å². The minimum absolute atomic E-state index is 0.0516. The lowest BCUT2D eigenvalue weighted by Crippen LogP contribution is -2.39. The number of halogens is 2. The first-order valence-electron chi connectivity index (χ1n) is 13.7. The summed E-state index contributed by atoms with van der Waals surface area (Å²) < 4.78 is 28.2. The SMILES string of the molecule is O=C(O)c1ccc2nc(CN3CCC(Oc4cccc(CSc5ccc(Cl)cc5F)n4)CC3)n(C[C@@H]3CCO3)c2c1. The first-order chi connectivity index (χ1) is 19.9. The van der Waals surface area contributed by atoms with E-state index < -0.39 is 5.97 Å². The smallest absolute Gasteiger partial charge is 0.335 e. The average molecular weight is 597 g/mol. The maximum absolute atomic E-state index is 14.1. The number of carboxylic acid groups (broad SMARTS) is 1. The molecule has 0 spiro atoms. The van der Waals surface area contributed by atoms with E-state index in [-0.39, 0.29) is 23.6 Å². The molecule has 0 amide bonds. The minimum Gasteiger partial charge on any atom is -0.478 e. The third-order valence-corrected chi connectivity index (χ3v) is 8.81. The number of hydrogen-bond donors (Lipinski definition) is 1. The Kier molecular flexibility index (Phi) is 8.43. The van der Waals surface area contributed by atoms with E-state index in [0.29, 0.717) is 34.6 Å². The van der Waals surface area contributed by atoms with Gasteiger partial charge in [-0.05, 0) is 61.7 Å². The average Bonchev–Trinajstić information content (AvgIpc) is 3.27. The Morgan fingerprint density at radius 3 is 2.68 bits per heavy atom. The fourth-order valence-electron chi connectivity index (χ4n) is 5.17. The number of aromatic nitrogens is 3. The number of hydrogen-bond acceptors (Lipinski definition) is 7. The number of nitrogens with zero attached hydrogens (tertiary/aromatic N) is 4. The van der Waals surface area contributed by atoms with Crippen LogP contribution in [0.1, 0.15) is 41.1 Å². The number of fused-ring (bicyclic) bond motifs is 1. The van der Waals surface area contributed by atoms with Crippen LogP contribution in [0.5, 0.6) is 5.88 Å². The lowest BCUT2D eigenvalue weighted by molar-refractivity contribution is -0.0592. The number of rotatable bonds is 10. The van der Waals surface area contributed by atoms with Gasteiger partial charge >= 0.3 is 5.97 Å². The van der Waals surface area contributed by atoms with E-state index >= 15 is 0 Å². The van der Waals surface area contributed by atoms with Crippen LogP contribution < -0.4 is 4.74 Å². The van der Waals surface area contributed by atoms with Crippen LogP contribution >= 0.6 is 23.4 Å². The van der Waals surface area contributed by atoms with Crippen molar-refractivity contribution in [3.05, 3.63) is 82.5 Å². The van der Waals surface area contributed by atoms with Crippen molar-refractivity contribution in [2.75, 3.05) is 19.7 Å². The number of aromatic carboxylic acids is 1. The van der Waals surface area contributed by atoms with Gasteiger partial charge in [0.15, 0.2) is 0 Å². The molecule has 6 rings (SSSR count). The lowest BCUT2D eigenvalue weighted by atomic mass is 10.1. The fourth-order valence-corrected chi connectivity index (χ4v) is 6.15. The lowest BCUT2D eigenvalue weighted by Gasteiger charge is -2.32. The van der Waals surface area contributed by atoms with Crippen LogP contribution in [-0.4, -0.2) is 62.4 Å². The highest BCUT2D eigenvalue weighted by molar-refractivity contribution is 7.98. The van der Waals surface area contributed by atoms with E-state index in [1.54, 1.807) is 30.3 Å². The van der Waals surface area contributed by atoms with Gasteiger partial charge in [-0.3, -0.25) is 4.90 Å². The highest BCUT2D eigenvalue weighted by Gasteiger charge is 2.26. The molecule has 0 aliphatic carbocycles. The van der Waals surface area contributed by atoms with Gasteiger partial charge in [-0.1, -0.05) is 17.7 Å². The molecular formula is C30H30ClFN4O4S. The van der Waals surface area contributed by atoms with Crippen LogP contribution in [-0.2, 0) is 23.6 Å². The number of piperidine rings is 1. The van der Waals surface area contributed by atoms with Crippen molar-refractivity contribution in [2.24, 2.45) is 0 Å². The summed E-state index contributed by atoms with van der Waals surface area (Å²) in [6.07, 6.45) is 2.88. The molecule has 0 bridgehead atoms. The van der Waals surface area contributed by atoms with Gasteiger partial charge in [0.25, 0.3) is 0 Å². The van der Waals surface area contributed by atoms with Crippen molar-refractivity contribution in [3.63, 3.8) is 0 Å². The van der Waals surface area contributed by atoms with E-state index in [1.807, 2.05) is 18.2 Å². The third-order valence-electron chi connectivity index (χ3n) is 7.49. The Labute approximate surface area is 246 Å². The van der Waals surface area contributed by atoms with E-state index in [0.717, 1.165) is 61.5 Å². The molecule has 11 heteroatoms. The molecule has 214 valence electrons. The Hall–Kier alpha value is -3.18. The second-order valence-corrected chi connectivity index (χ2v) is 11.8. The summed E-state index contributed by atoms with van der Waals surface area (Å²) in [6.45, 7) is 3.79. The van der Waals surface area contributed by atoms with Gasteiger partial charge in [0.05, 0.1) is 41.5 Å². The van der Waals surface area contributed by atoms with Gasteiger partial charge in [-0.2, -0.15) is 0 Å². The minimum atomic E-state index is -0.947. The summed E-state index contributed by atoms with van der Waals surface area (Å²) in [5, 5.41) is 9.86. The molecule has 8 nitrogen and oxygen atoms in total. The van der Waals surface area contributed by atoms with Crippen LogP contribution in [0.3, 0.4) is 0 Å². The number of likely N-dealkylation sites (tertiary alicyclic amines) is 1. The second-order valence-electron chi connectivity index (χ2n) is 10.4. The zero-order chi connectivity index (χ0) is 28.3. The van der Waals surface area contributed by atoms with E-state index in [9.17, 15) is 14.3 Å². The first kappa shape index (κ1) is 28.0. The summed E-state index contributed by atoms with van der Waals surface area (Å²) in [5.41, 5.74) is 2.70. The number of benzene rings is 2. The van der Waals surface area contributed by atoms with Crippen LogP contribution in [0.15, 0.2) is 59.5 Å². The van der Waals surface area contributed by atoms with Crippen LogP contribution in [0.4, 0.5) is 4.39 Å². The normalized spacial score (nSPS) is 18.0. The maximum Gasteiger partial charge on any atom is 0.335 e. The van der Waals surface area contributed by atoms with Crippen molar-refractivity contribution in [3.8, 4) is 5.88 Å². The molecule has 2 fully saturated rings. The maximum atomic E-state index is 14.1. The molecule has 2 aliphatic rings. The van der Waals surface area contributed by atoms with E-state index in [4.69, 9.17) is 26.1 Å². The Balaban J connectivity index is 1.06. The molecule has 2 aromatic heterocycles. The van der Waals surface area contributed by atoms with Crippen LogP contribution in [0.25, 0.3) is 11.0 Å². The van der Waals surface area contributed by atoms with Crippen molar-refractivity contribution >= 4 is 40.4 Å². The first-order valence-corrected chi connectivity index (χ1v) is 15.0. The number of ether oxygens (including phenoxy) is 2. The topological polar surface area (TPSA) is 89.7 Å². The molecule has 2 aromatic carbocycles. The zero-order valence-electron chi connectivity index (χ0n) is 22.3. The number of thioether (sulfide) groups is 1. The molecule has 41 heavy (non-hydrogen) atoms. The Morgan fingerprint density at radius 1 is 1.12 bits per heavy atom. The van der Waals surface area contributed by atoms with Gasteiger partial charge in [0.1, 0.15) is 17.7 Å². The Morgan fingerprint density at radius 2 is 1.95 bits per heavy atom. The molecule has 0 saturated carbocycles. The predicted octanol–water partition coefficient (Wildman–Crippen LogP) is 6.05. The molecule has 0 radical (unpaired) electrons.